The van der Waals surface area contributed by atoms with E-state index in [1.54, 1.807) is 11.8 Å². The molecule has 1 aromatic carbocycles. The lowest BCUT2D eigenvalue weighted by molar-refractivity contribution is 0.0690. The molecule has 0 spiro atoms. The molecule has 5 nitrogen and oxygen atoms in total. The maximum atomic E-state index is 11.8. The number of carboxylic acids is 1. The second-order valence-electron chi connectivity index (χ2n) is 6.62. The van der Waals surface area contributed by atoms with Crippen LogP contribution in [0.25, 0.3) is 0 Å². The van der Waals surface area contributed by atoms with Gasteiger partial charge >= 0.3 is 13.1 Å². The first-order valence-electron chi connectivity index (χ1n) is 8.05. The van der Waals surface area contributed by atoms with Gasteiger partial charge in [-0.25, -0.2) is 4.79 Å². The Hall–Kier alpha value is -1.18. The molecule has 2 N–H and O–H groups in total. The summed E-state index contributed by atoms with van der Waals surface area (Å²) in [6.07, 6.45) is 1.88. The van der Waals surface area contributed by atoms with Crippen LogP contribution in [0.3, 0.4) is 0 Å². The van der Waals surface area contributed by atoms with Crippen LogP contribution in [0.15, 0.2) is 17.0 Å². The summed E-state index contributed by atoms with van der Waals surface area (Å²) < 4.78 is 11.0. The SMILES string of the molecule is CC(Sc1ccc2c(c1C(=O)O)OB(O)C1CC21)C1CCOC1. The van der Waals surface area contributed by atoms with E-state index in [9.17, 15) is 14.9 Å². The highest BCUT2D eigenvalue weighted by atomic mass is 32.2. The minimum Gasteiger partial charge on any atom is -0.535 e. The molecule has 0 radical (unpaired) electrons. The number of carboxylic acid groups (broad SMARTS) is 1. The van der Waals surface area contributed by atoms with Gasteiger partial charge in [-0.05, 0) is 36.3 Å². The predicted molar refractivity (Wildman–Crippen MR) is 87.4 cm³/mol. The van der Waals surface area contributed by atoms with Crippen LogP contribution in [0, 0.1) is 5.92 Å². The maximum absolute atomic E-state index is 11.8. The molecule has 122 valence electrons. The number of aromatic carboxylic acids is 1. The molecular formula is C16H19BO5S. The molecule has 0 aromatic heterocycles. The number of rotatable bonds is 4. The molecule has 2 heterocycles. The highest BCUT2D eigenvalue weighted by Crippen LogP contribution is 2.60. The summed E-state index contributed by atoms with van der Waals surface area (Å²) >= 11 is 1.56. The molecule has 4 unspecified atom stereocenters. The van der Waals surface area contributed by atoms with E-state index in [1.807, 2.05) is 12.1 Å². The van der Waals surface area contributed by atoms with Crippen LogP contribution in [0.5, 0.6) is 5.75 Å². The van der Waals surface area contributed by atoms with Crippen molar-refractivity contribution in [2.45, 2.75) is 41.6 Å². The lowest BCUT2D eigenvalue weighted by Gasteiger charge is -2.24. The molecule has 2 fully saturated rings. The standard InChI is InChI=1S/C16H19BO5S/c1-8(9-4-5-21-7-9)23-13-3-2-10-11-6-12(11)17(20)22-15(10)14(13)16(18)19/h2-3,8-9,11-12,20H,4-7H2,1H3,(H,18,19). The highest BCUT2D eigenvalue weighted by molar-refractivity contribution is 8.00. The molecule has 1 saturated carbocycles. The van der Waals surface area contributed by atoms with Gasteiger partial charge in [0.2, 0.25) is 0 Å². The van der Waals surface area contributed by atoms with Crippen LogP contribution in [0.2, 0.25) is 5.82 Å². The quantitative estimate of drug-likeness (QED) is 0.651. The van der Waals surface area contributed by atoms with Crippen molar-refractivity contribution >= 4 is 24.8 Å². The van der Waals surface area contributed by atoms with E-state index in [1.165, 1.54) is 0 Å². The summed E-state index contributed by atoms with van der Waals surface area (Å²) in [7, 11) is -0.883. The fraction of sp³-hybridized carbons (Fsp3) is 0.562. The number of thioether (sulfide) groups is 1. The fourth-order valence-electron chi connectivity index (χ4n) is 3.62. The monoisotopic (exact) mass is 334 g/mol. The summed E-state index contributed by atoms with van der Waals surface area (Å²) in [5, 5.41) is 19.9. The molecule has 4 rings (SSSR count). The van der Waals surface area contributed by atoms with Gasteiger partial charge in [-0.15, -0.1) is 11.8 Å². The van der Waals surface area contributed by atoms with E-state index in [4.69, 9.17) is 9.39 Å². The number of benzene rings is 1. The number of fused-ring (bicyclic) bond motifs is 3. The second kappa shape index (κ2) is 5.72. The van der Waals surface area contributed by atoms with Gasteiger partial charge in [-0.3, -0.25) is 0 Å². The van der Waals surface area contributed by atoms with E-state index >= 15 is 0 Å². The van der Waals surface area contributed by atoms with Gasteiger partial charge in [0.25, 0.3) is 0 Å². The maximum Gasteiger partial charge on any atom is 0.526 e. The Morgan fingerprint density at radius 3 is 3.00 bits per heavy atom. The Morgan fingerprint density at radius 1 is 1.48 bits per heavy atom. The lowest BCUT2D eigenvalue weighted by atomic mass is 9.77. The lowest BCUT2D eigenvalue weighted by Crippen LogP contribution is -2.27. The number of hydrogen-bond acceptors (Lipinski definition) is 5. The smallest absolute Gasteiger partial charge is 0.526 e. The molecule has 0 bridgehead atoms. The Bertz CT molecular complexity index is 646. The van der Waals surface area contributed by atoms with Crippen molar-refractivity contribution in [1.82, 2.24) is 0 Å². The van der Waals surface area contributed by atoms with E-state index < -0.39 is 13.1 Å². The normalized spacial score (nSPS) is 29.5. The largest absolute Gasteiger partial charge is 0.535 e. The topological polar surface area (TPSA) is 76.0 Å². The zero-order valence-electron chi connectivity index (χ0n) is 12.9. The fourth-order valence-corrected chi connectivity index (χ4v) is 4.87. The molecule has 1 aliphatic carbocycles. The Morgan fingerprint density at radius 2 is 2.30 bits per heavy atom. The second-order valence-corrected chi connectivity index (χ2v) is 8.04. The Kier molecular flexibility index (Phi) is 3.82. The summed E-state index contributed by atoms with van der Waals surface area (Å²) in [5.74, 6) is 0.176. The number of carbonyl (C=O) groups is 1. The van der Waals surface area contributed by atoms with Crippen LogP contribution < -0.4 is 4.65 Å². The Balaban J connectivity index is 1.67. The van der Waals surface area contributed by atoms with Crippen LogP contribution >= 0.6 is 11.8 Å². The molecule has 23 heavy (non-hydrogen) atoms. The summed E-state index contributed by atoms with van der Waals surface area (Å²) in [6.45, 7) is 3.63. The first kappa shape index (κ1) is 15.4. The molecule has 1 aromatic rings. The van der Waals surface area contributed by atoms with Crippen LogP contribution in [0.4, 0.5) is 0 Å². The van der Waals surface area contributed by atoms with Gasteiger partial charge in [0.05, 0.1) is 6.61 Å². The van der Waals surface area contributed by atoms with Crippen molar-refractivity contribution in [3.63, 3.8) is 0 Å². The van der Waals surface area contributed by atoms with Crippen molar-refractivity contribution in [3.8, 4) is 5.75 Å². The third kappa shape index (κ3) is 2.64. The van der Waals surface area contributed by atoms with Gasteiger partial charge < -0.3 is 19.5 Å². The molecule has 0 amide bonds. The summed E-state index contributed by atoms with van der Waals surface area (Å²) in [6, 6.07) is 3.87. The van der Waals surface area contributed by atoms with Crippen molar-refractivity contribution in [2.24, 2.45) is 5.92 Å². The summed E-state index contributed by atoms with van der Waals surface area (Å²) in [4.78, 5) is 12.5. The van der Waals surface area contributed by atoms with E-state index in [2.05, 4.69) is 6.92 Å². The number of hydrogen-bond donors (Lipinski definition) is 2. The van der Waals surface area contributed by atoms with E-state index in [0.29, 0.717) is 16.6 Å². The third-order valence-electron chi connectivity index (χ3n) is 5.15. The van der Waals surface area contributed by atoms with Crippen molar-refractivity contribution < 1.29 is 24.3 Å². The predicted octanol–water partition coefficient (Wildman–Crippen LogP) is 2.63. The zero-order chi connectivity index (χ0) is 16.1. The van der Waals surface area contributed by atoms with Gasteiger partial charge in [0, 0.05) is 22.6 Å². The first-order chi connectivity index (χ1) is 11.1. The number of ether oxygens (including phenoxy) is 1. The average Bonchev–Trinajstić information content (AvgIpc) is 3.13. The van der Waals surface area contributed by atoms with E-state index in [-0.39, 0.29) is 22.5 Å². The van der Waals surface area contributed by atoms with Crippen molar-refractivity contribution in [3.05, 3.63) is 23.3 Å². The zero-order valence-corrected chi connectivity index (χ0v) is 13.7. The Labute approximate surface area is 139 Å². The van der Waals surface area contributed by atoms with Crippen LogP contribution in [-0.4, -0.2) is 41.7 Å². The molecule has 1 saturated heterocycles. The minimum atomic E-state index is -0.995. The summed E-state index contributed by atoms with van der Waals surface area (Å²) in [5.41, 5.74) is 1.13. The first-order valence-corrected chi connectivity index (χ1v) is 8.93. The highest BCUT2D eigenvalue weighted by Gasteiger charge is 2.54. The van der Waals surface area contributed by atoms with Gasteiger partial charge in [0.15, 0.2) is 0 Å². The van der Waals surface area contributed by atoms with Crippen LogP contribution in [-0.2, 0) is 4.74 Å². The van der Waals surface area contributed by atoms with Crippen molar-refractivity contribution in [1.29, 1.82) is 0 Å². The molecule has 2 aliphatic heterocycles. The van der Waals surface area contributed by atoms with Gasteiger partial charge in [-0.1, -0.05) is 13.0 Å². The van der Waals surface area contributed by atoms with Gasteiger partial charge in [-0.2, -0.15) is 0 Å². The van der Waals surface area contributed by atoms with Crippen LogP contribution in [0.1, 0.15) is 41.6 Å². The van der Waals surface area contributed by atoms with Gasteiger partial charge in [0.1, 0.15) is 11.3 Å². The molecule has 7 heteroatoms. The molecular weight excluding hydrogens is 315 g/mol. The van der Waals surface area contributed by atoms with E-state index in [0.717, 1.165) is 31.6 Å². The minimum absolute atomic E-state index is 0.122. The van der Waals surface area contributed by atoms with Crippen molar-refractivity contribution in [2.75, 3.05) is 13.2 Å². The third-order valence-corrected chi connectivity index (χ3v) is 6.50. The average molecular weight is 334 g/mol. The molecule has 3 aliphatic rings. The molecule has 4 atom stereocenters.